The van der Waals surface area contributed by atoms with Crippen molar-refractivity contribution in [2.45, 2.75) is 12.7 Å². The van der Waals surface area contributed by atoms with Crippen LogP contribution in [0.15, 0.2) is 41.5 Å². The number of nitrogens with two attached hydrogens (primary N) is 1. The zero-order chi connectivity index (χ0) is 19.9. The molecule has 0 aliphatic carbocycles. The summed E-state index contributed by atoms with van der Waals surface area (Å²) in [4.78, 5) is 7.88. The Morgan fingerprint density at radius 1 is 1.18 bits per heavy atom. The molecule has 0 atom stereocenters. The van der Waals surface area contributed by atoms with Gasteiger partial charge < -0.3 is 25.3 Å². The highest BCUT2D eigenvalue weighted by atomic mass is 127. The van der Waals surface area contributed by atoms with Gasteiger partial charge in [0.1, 0.15) is 11.5 Å². The molecule has 1 aromatic heterocycles. The van der Waals surface area contributed by atoms with Gasteiger partial charge in [-0.1, -0.05) is 0 Å². The number of hydrogen-bond donors (Lipinski definition) is 2. The van der Waals surface area contributed by atoms with Crippen LogP contribution in [0.2, 0.25) is 0 Å². The van der Waals surface area contributed by atoms with Crippen molar-refractivity contribution in [2.24, 2.45) is 10.7 Å². The number of anilines is 1. The van der Waals surface area contributed by atoms with Gasteiger partial charge in [-0.15, -0.1) is 24.0 Å². The molecule has 0 saturated carbocycles. The SMILES string of the molecule is COc1ccc(OC)c(NC(N)=NCc2ccnc(OCC(F)(F)F)c2)c1.I. The van der Waals surface area contributed by atoms with E-state index in [2.05, 4.69) is 20.0 Å². The predicted octanol–water partition coefficient (Wildman–Crippen LogP) is 3.58. The first kappa shape index (κ1) is 23.6. The molecule has 154 valence electrons. The second kappa shape index (κ2) is 10.8. The van der Waals surface area contributed by atoms with Crippen molar-refractivity contribution in [1.82, 2.24) is 4.98 Å². The summed E-state index contributed by atoms with van der Waals surface area (Å²) in [5.74, 6) is 1.10. The third-order valence-electron chi connectivity index (χ3n) is 3.28. The zero-order valence-electron chi connectivity index (χ0n) is 15.1. The lowest BCUT2D eigenvalue weighted by atomic mass is 10.2. The molecule has 1 aromatic carbocycles. The second-order valence-electron chi connectivity index (χ2n) is 5.30. The second-order valence-corrected chi connectivity index (χ2v) is 5.30. The molecule has 0 spiro atoms. The Morgan fingerprint density at radius 2 is 1.93 bits per heavy atom. The number of halogens is 4. The molecule has 0 bridgehead atoms. The number of aliphatic imine (C=N–C) groups is 1. The summed E-state index contributed by atoms with van der Waals surface area (Å²) in [6.07, 6.45) is -3.09. The number of nitrogens with zero attached hydrogens (tertiary/aromatic N) is 2. The van der Waals surface area contributed by atoms with E-state index >= 15 is 0 Å². The number of hydrogen-bond acceptors (Lipinski definition) is 5. The van der Waals surface area contributed by atoms with Crippen molar-refractivity contribution in [3.63, 3.8) is 0 Å². The topological polar surface area (TPSA) is 91.0 Å². The molecule has 0 amide bonds. The Kier molecular flexibility index (Phi) is 9.09. The minimum absolute atomic E-state index is 0. The first-order chi connectivity index (χ1) is 12.8. The molecule has 3 N–H and O–H groups in total. The first-order valence-corrected chi connectivity index (χ1v) is 7.74. The van der Waals surface area contributed by atoms with Crippen LogP contribution < -0.4 is 25.3 Å². The lowest BCUT2D eigenvalue weighted by Gasteiger charge is -2.12. The van der Waals surface area contributed by atoms with E-state index in [-0.39, 0.29) is 42.4 Å². The van der Waals surface area contributed by atoms with E-state index in [1.807, 2.05) is 0 Å². The molecule has 11 heteroatoms. The van der Waals surface area contributed by atoms with E-state index in [0.29, 0.717) is 22.7 Å². The zero-order valence-corrected chi connectivity index (χ0v) is 17.4. The van der Waals surface area contributed by atoms with Gasteiger partial charge in [0.25, 0.3) is 0 Å². The van der Waals surface area contributed by atoms with Gasteiger partial charge in [0, 0.05) is 18.3 Å². The lowest BCUT2D eigenvalue weighted by Crippen LogP contribution is -2.23. The summed E-state index contributed by atoms with van der Waals surface area (Å²) in [5.41, 5.74) is 7.01. The van der Waals surface area contributed by atoms with E-state index in [4.69, 9.17) is 15.2 Å². The molecule has 1 heterocycles. The van der Waals surface area contributed by atoms with Crippen LogP contribution in [0.5, 0.6) is 17.4 Å². The number of ether oxygens (including phenoxy) is 3. The summed E-state index contributed by atoms with van der Waals surface area (Å²) in [6, 6.07) is 8.10. The number of aromatic nitrogens is 1. The monoisotopic (exact) mass is 512 g/mol. The molecule has 0 saturated heterocycles. The number of nitrogens with one attached hydrogen (secondary N) is 1. The Bertz CT molecular complexity index is 803. The maximum Gasteiger partial charge on any atom is 0.422 e. The smallest absolute Gasteiger partial charge is 0.422 e. The number of alkyl halides is 3. The molecular weight excluding hydrogens is 492 g/mol. The molecule has 28 heavy (non-hydrogen) atoms. The van der Waals surface area contributed by atoms with Crippen LogP contribution in [0.1, 0.15) is 5.56 Å². The molecule has 0 unspecified atom stereocenters. The van der Waals surface area contributed by atoms with E-state index in [1.54, 1.807) is 24.3 Å². The first-order valence-electron chi connectivity index (χ1n) is 7.74. The Labute approximate surface area is 177 Å². The molecular formula is C17H20F3IN4O3. The standard InChI is InChI=1S/C17H19F3N4O3.HI/c1-25-12-3-4-14(26-2)13(8-12)24-16(21)23-9-11-5-6-22-15(7-11)27-10-17(18,19)20;/h3-8H,9-10H2,1-2H3,(H3,21,23,24);1H. The van der Waals surface area contributed by atoms with Crippen LogP contribution in [0.4, 0.5) is 18.9 Å². The Balaban J connectivity index is 0.00000392. The summed E-state index contributed by atoms with van der Waals surface area (Å²) in [5, 5.41) is 2.89. The maximum absolute atomic E-state index is 12.2. The molecule has 0 radical (unpaired) electrons. The molecule has 0 aliphatic heterocycles. The van der Waals surface area contributed by atoms with Crippen LogP contribution in [-0.2, 0) is 6.54 Å². The fourth-order valence-corrected chi connectivity index (χ4v) is 2.05. The van der Waals surface area contributed by atoms with Gasteiger partial charge in [-0.05, 0) is 23.8 Å². The third kappa shape index (κ3) is 7.66. The maximum atomic E-state index is 12.2. The quantitative estimate of drug-likeness (QED) is 0.335. The van der Waals surface area contributed by atoms with Crippen LogP contribution in [-0.4, -0.2) is 37.9 Å². The largest absolute Gasteiger partial charge is 0.497 e. The third-order valence-corrected chi connectivity index (χ3v) is 3.28. The van der Waals surface area contributed by atoms with Crippen molar-refractivity contribution in [1.29, 1.82) is 0 Å². The van der Waals surface area contributed by atoms with E-state index in [9.17, 15) is 13.2 Å². The number of benzene rings is 1. The molecule has 7 nitrogen and oxygen atoms in total. The van der Waals surface area contributed by atoms with E-state index in [0.717, 1.165) is 0 Å². The van der Waals surface area contributed by atoms with Gasteiger partial charge in [0.15, 0.2) is 12.6 Å². The van der Waals surface area contributed by atoms with Gasteiger partial charge in [-0.2, -0.15) is 13.2 Å². The minimum Gasteiger partial charge on any atom is -0.497 e. The fourth-order valence-electron chi connectivity index (χ4n) is 2.05. The van der Waals surface area contributed by atoms with E-state index < -0.39 is 12.8 Å². The fraction of sp³-hybridized carbons (Fsp3) is 0.294. The number of pyridine rings is 1. The van der Waals surface area contributed by atoms with E-state index in [1.165, 1.54) is 26.5 Å². The highest BCUT2D eigenvalue weighted by Gasteiger charge is 2.28. The van der Waals surface area contributed by atoms with Gasteiger partial charge in [-0.3, -0.25) is 0 Å². The van der Waals surface area contributed by atoms with Crippen molar-refractivity contribution in [3.05, 3.63) is 42.1 Å². The molecule has 2 aromatic rings. The number of guanidine groups is 1. The van der Waals surface area contributed by atoms with Crippen LogP contribution in [0.3, 0.4) is 0 Å². The van der Waals surface area contributed by atoms with Crippen LogP contribution in [0, 0.1) is 0 Å². The normalized spacial score (nSPS) is 11.4. The summed E-state index contributed by atoms with van der Waals surface area (Å²) >= 11 is 0. The predicted molar refractivity (Wildman–Crippen MR) is 110 cm³/mol. The molecule has 0 aliphatic rings. The van der Waals surface area contributed by atoms with Crippen LogP contribution >= 0.6 is 24.0 Å². The van der Waals surface area contributed by atoms with Gasteiger partial charge >= 0.3 is 6.18 Å². The highest BCUT2D eigenvalue weighted by molar-refractivity contribution is 14.0. The summed E-state index contributed by atoms with van der Waals surface area (Å²) in [6.45, 7) is -1.29. The lowest BCUT2D eigenvalue weighted by molar-refractivity contribution is -0.154. The number of methoxy groups -OCH3 is 2. The Hall–Kier alpha value is -2.44. The van der Waals surface area contributed by atoms with Gasteiger partial charge in [0.2, 0.25) is 5.88 Å². The number of rotatable bonds is 7. The van der Waals surface area contributed by atoms with Crippen molar-refractivity contribution >= 4 is 35.6 Å². The van der Waals surface area contributed by atoms with Crippen LogP contribution in [0.25, 0.3) is 0 Å². The highest BCUT2D eigenvalue weighted by Crippen LogP contribution is 2.28. The average molecular weight is 512 g/mol. The van der Waals surface area contributed by atoms with Gasteiger partial charge in [0.05, 0.1) is 26.5 Å². The molecule has 0 fully saturated rings. The summed E-state index contributed by atoms with van der Waals surface area (Å²) in [7, 11) is 3.05. The average Bonchev–Trinajstić information content (AvgIpc) is 2.64. The summed E-state index contributed by atoms with van der Waals surface area (Å²) < 4.78 is 51.6. The van der Waals surface area contributed by atoms with Crippen molar-refractivity contribution < 1.29 is 27.4 Å². The van der Waals surface area contributed by atoms with Crippen molar-refractivity contribution in [3.8, 4) is 17.4 Å². The van der Waals surface area contributed by atoms with Crippen molar-refractivity contribution in [2.75, 3.05) is 26.1 Å². The molecule has 2 rings (SSSR count). The minimum atomic E-state index is -4.43. The van der Waals surface area contributed by atoms with Gasteiger partial charge in [-0.25, -0.2) is 9.98 Å². The Morgan fingerprint density at radius 3 is 2.57 bits per heavy atom.